The number of nitrogens with one attached hydrogen (secondary N) is 1. The minimum atomic E-state index is -2.71. The van der Waals surface area contributed by atoms with Gasteiger partial charge in [0, 0.05) is 23.2 Å². The van der Waals surface area contributed by atoms with Crippen molar-refractivity contribution in [3.8, 4) is 10.4 Å². The number of hydrogen-bond donors (Lipinski definition) is 3. The predicted octanol–water partition coefficient (Wildman–Crippen LogP) is 3.35. The van der Waals surface area contributed by atoms with Gasteiger partial charge in [-0.3, -0.25) is 13.8 Å². The monoisotopic (exact) mass is 539 g/mol. The molecule has 1 aromatic heterocycles. The molecule has 9 nitrogen and oxygen atoms in total. The number of benzene rings is 2. The van der Waals surface area contributed by atoms with E-state index in [0.717, 1.165) is 20.8 Å². The fraction of sp³-hybridized carbons (Fsp3) is 0.227. The van der Waals surface area contributed by atoms with Crippen LogP contribution in [0.1, 0.15) is 23.0 Å². The molecule has 0 bridgehead atoms. The highest BCUT2D eigenvalue weighted by Gasteiger charge is 2.28. The summed E-state index contributed by atoms with van der Waals surface area (Å²) in [7, 11) is 1.24. The SMILES string of the molecule is CN(C(CC(N)c1ncc(-c2ccc(CC(=O)O)cc2)s1)C(=O)Nc1ccc(F)c(Cl)c1)S(=O)[O-]. The van der Waals surface area contributed by atoms with Crippen molar-refractivity contribution in [2.75, 3.05) is 12.4 Å². The van der Waals surface area contributed by atoms with Crippen molar-refractivity contribution in [1.82, 2.24) is 9.29 Å². The third-order valence-corrected chi connectivity index (χ3v) is 7.27. The molecule has 2 aromatic carbocycles. The Kier molecular flexibility index (Phi) is 9.05. The number of carboxylic acids is 1. The van der Waals surface area contributed by atoms with Gasteiger partial charge in [-0.25, -0.2) is 13.7 Å². The van der Waals surface area contributed by atoms with Gasteiger partial charge in [0.15, 0.2) is 0 Å². The highest BCUT2D eigenvalue weighted by atomic mass is 35.5. The normalized spacial score (nSPS) is 13.9. The van der Waals surface area contributed by atoms with Crippen molar-refractivity contribution < 1.29 is 27.8 Å². The maximum atomic E-state index is 13.4. The van der Waals surface area contributed by atoms with Crippen molar-refractivity contribution in [3.05, 3.63) is 70.1 Å². The number of carboxylic acid groups (broad SMARTS) is 1. The lowest BCUT2D eigenvalue weighted by atomic mass is 10.1. The maximum absolute atomic E-state index is 13.4. The first-order valence-corrected chi connectivity index (χ1v) is 12.4. The van der Waals surface area contributed by atoms with E-state index in [1.165, 1.54) is 30.5 Å². The molecule has 0 saturated heterocycles. The molecule has 3 aromatic rings. The number of rotatable bonds is 10. The Morgan fingerprint density at radius 1 is 1.31 bits per heavy atom. The number of halogens is 2. The lowest BCUT2D eigenvalue weighted by molar-refractivity contribution is -0.136. The fourth-order valence-electron chi connectivity index (χ4n) is 3.22. The van der Waals surface area contributed by atoms with E-state index in [9.17, 15) is 22.7 Å². The van der Waals surface area contributed by atoms with E-state index in [-0.39, 0.29) is 23.6 Å². The third kappa shape index (κ3) is 7.13. The quantitative estimate of drug-likeness (QED) is 0.334. The molecule has 0 aliphatic rings. The Balaban J connectivity index is 1.75. The molecule has 35 heavy (non-hydrogen) atoms. The molecule has 1 heterocycles. The summed E-state index contributed by atoms with van der Waals surface area (Å²) in [5.74, 6) is -2.24. The van der Waals surface area contributed by atoms with Crippen LogP contribution in [0.4, 0.5) is 10.1 Å². The Morgan fingerprint density at radius 3 is 2.60 bits per heavy atom. The van der Waals surface area contributed by atoms with Gasteiger partial charge >= 0.3 is 5.97 Å². The average Bonchev–Trinajstić information content (AvgIpc) is 3.30. The van der Waals surface area contributed by atoms with E-state index in [0.29, 0.717) is 10.6 Å². The molecular formula is C22H21ClFN4O5S2-. The van der Waals surface area contributed by atoms with Crippen molar-refractivity contribution in [2.24, 2.45) is 5.73 Å². The molecule has 0 saturated carbocycles. The van der Waals surface area contributed by atoms with Crippen LogP contribution >= 0.6 is 22.9 Å². The van der Waals surface area contributed by atoms with Crippen LogP contribution in [0, 0.1) is 5.82 Å². The van der Waals surface area contributed by atoms with Gasteiger partial charge in [-0.1, -0.05) is 35.9 Å². The van der Waals surface area contributed by atoms with Crippen LogP contribution in [0.5, 0.6) is 0 Å². The van der Waals surface area contributed by atoms with Crippen molar-refractivity contribution in [3.63, 3.8) is 0 Å². The molecule has 0 radical (unpaired) electrons. The van der Waals surface area contributed by atoms with Crippen molar-refractivity contribution in [2.45, 2.75) is 24.9 Å². The van der Waals surface area contributed by atoms with Gasteiger partial charge in [0.1, 0.15) is 16.9 Å². The fourth-order valence-corrected chi connectivity index (χ4v) is 4.73. The summed E-state index contributed by atoms with van der Waals surface area (Å²) in [6, 6.07) is 8.65. The van der Waals surface area contributed by atoms with E-state index in [2.05, 4.69) is 10.3 Å². The van der Waals surface area contributed by atoms with Crippen LogP contribution in [0.15, 0.2) is 48.7 Å². The van der Waals surface area contributed by atoms with Crippen molar-refractivity contribution in [1.29, 1.82) is 0 Å². The van der Waals surface area contributed by atoms with Gasteiger partial charge in [-0.15, -0.1) is 11.3 Å². The number of likely N-dealkylation sites (N-methyl/N-ethyl adjacent to an activating group) is 1. The smallest absolute Gasteiger partial charge is 0.307 e. The lowest BCUT2D eigenvalue weighted by Crippen LogP contribution is -2.44. The summed E-state index contributed by atoms with van der Waals surface area (Å²) in [5.41, 5.74) is 7.96. The van der Waals surface area contributed by atoms with Crippen LogP contribution in [0.25, 0.3) is 10.4 Å². The highest BCUT2D eigenvalue weighted by Crippen LogP contribution is 2.31. The molecule has 3 rings (SSSR count). The number of aromatic nitrogens is 1. The lowest BCUT2D eigenvalue weighted by Gasteiger charge is -2.29. The summed E-state index contributed by atoms with van der Waals surface area (Å²) in [4.78, 5) is 28.8. The summed E-state index contributed by atoms with van der Waals surface area (Å²) in [5, 5.41) is 11.7. The average molecular weight is 540 g/mol. The zero-order valence-corrected chi connectivity index (χ0v) is 20.7. The van der Waals surface area contributed by atoms with Crippen molar-refractivity contribution >= 4 is 51.8 Å². The number of carbonyl (C=O) groups is 2. The summed E-state index contributed by atoms with van der Waals surface area (Å²) >= 11 is 4.32. The molecule has 0 aliphatic heterocycles. The molecule has 186 valence electrons. The number of nitrogens with two attached hydrogens (primary N) is 1. The standard InChI is InChI=1S/C22H22ClFN4O5S2/c1-28(35(32)33)18(21(31)27-14-6-7-16(24)15(23)9-14)10-17(25)22-26-11-19(34-22)13-4-2-12(3-5-13)8-20(29)30/h2-7,9,11,17-18H,8,10,25H2,1H3,(H,27,31)(H,29,30)(H,32,33)/p-1. The molecule has 0 aliphatic carbocycles. The number of hydrogen-bond acceptors (Lipinski definition) is 7. The highest BCUT2D eigenvalue weighted by molar-refractivity contribution is 7.76. The molecule has 13 heteroatoms. The van der Waals surface area contributed by atoms with Crippen LogP contribution in [-0.4, -0.2) is 48.1 Å². The Labute approximate surface area is 212 Å². The Morgan fingerprint density at radius 2 is 2.00 bits per heavy atom. The minimum Gasteiger partial charge on any atom is -0.760 e. The molecular weight excluding hydrogens is 519 g/mol. The van der Waals surface area contributed by atoms with Gasteiger partial charge < -0.3 is 20.7 Å². The zero-order valence-electron chi connectivity index (χ0n) is 18.3. The second-order valence-electron chi connectivity index (χ2n) is 7.57. The Hall–Kier alpha value is -2.74. The molecule has 0 fully saturated rings. The number of amides is 1. The topological polar surface area (TPSA) is 149 Å². The first kappa shape index (κ1) is 26.9. The number of nitrogens with zero attached hydrogens (tertiary/aromatic N) is 2. The van der Waals surface area contributed by atoms with Crippen LogP contribution in [-0.2, 0) is 27.3 Å². The van der Waals surface area contributed by atoms with Crippen LogP contribution in [0.2, 0.25) is 5.02 Å². The van der Waals surface area contributed by atoms with E-state index in [1.807, 2.05) is 0 Å². The van der Waals surface area contributed by atoms with E-state index < -0.39 is 41.0 Å². The second kappa shape index (κ2) is 11.8. The Bertz CT molecular complexity index is 1240. The van der Waals surface area contributed by atoms with Crippen LogP contribution < -0.4 is 11.1 Å². The summed E-state index contributed by atoms with van der Waals surface area (Å²) in [6.45, 7) is 0. The van der Waals surface area contributed by atoms with Crippen LogP contribution in [0.3, 0.4) is 0 Å². The second-order valence-corrected chi connectivity index (χ2v) is 10.0. The molecule has 1 amide bonds. The van der Waals surface area contributed by atoms with E-state index in [1.54, 1.807) is 30.5 Å². The number of carbonyl (C=O) groups excluding carboxylic acids is 1. The molecule has 3 atom stereocenters. The van der Waals surface area contributed by atoms with Gasteiger partial charge in [-0.2, -0.15) is 0 Å². The van der Waals surface area contributed by atoms with Gasteiger partial charge in [-0.05, 0) is 42.8 Å². The predicted molar refractivity (Wildman–Crippen MR) is 131 cm³/mol. The number of anilines is 1. The first-order valence-electron chi connectivity index (χ1n) is 10.2. The first-order chi connectivity index (χ1) is 16.5. The third-order valence-electron chi connectivity index (χ3n) is 5.08. The summed E-state index contributed by atoms with van der Waals surface area (Å²) < 4.78 is 37.4. The molecule has 3 unspecified atom stereocenters. The van der Waals surface area contributed by atoms with Gasteiger partial charge in [0.05, 0.1) is 22.4 Å². The van der Waals surface area contributed by atoms with Gasteiger partial charge in [0.2, 0.25) is 5.91 Å². The zero-order chi connectivity index (χ0) is 25.7. The minimum absolute atomic E-state index is 0.0737. The number of thiazole rings is 1. The van der Waals surface area contributed by atoms with E-state index >= 15 is 0 Å². The largest absolute Gasteiger partial charge is 0.760 e. The van der Waals surface area contributed by atoms with Gasteiger partial charge in [0.25, 0.3) is 0 Å². The summed E-state index contributed by atoms with van der Waals surface area (Å²) in [6.07, 6.45) is 1.45. The van der Waals surface area contributed by atoms with E-state index in [4.69, 9.17) is 22.4 Å². The number of aliphatic carboxylic acids is 1. The molecule has 4 N–H and O–H groups in total. The maximum Gasteiger partial charge on any atom is 0.307 e. The molecule has 0 spiro atoms.